The van der Waals surface area contributed by atoms with E-state index in [1.54, 1.807) is 43.3 Å². The summed E-state index contributed by atoms with van der Waals surface area (Å²) in [6.07, 6.45) is 0. The predicted molar refractivity (Wildman–Crippen MR) is 82.6 cm³/mol. The molecule has 0 amide bonds. The lowest BCUT2D eigenvalue weighted by molar-refractivity contribution is -0.385. The number of nitro benzene ring substituents is 1. The van der Waals surface area contributed by atoms with Gasteiger partial charge in [0.05, 0.1) is 21.1 Å². The Balaban J connectivity index is 2.74. The van der Waals surface area contributed by atoms with Crippen molar-refractivity contribution in [3.05, 3.63) is 75.3 Å². The molecule has 104 valence electrons. The number of aryl methyl sites for hydroxylation is 1. The largest absolute Gasteiger partial charge is 0.278 e. The van der Waals surface area contributed by atoms with Gasteiger partial charge in [-0.15, -0.1) is 0 Å². The zero-order chi connectivity index (χ0) is 15.4. The molecule has 0 unspecified atom stereocenters. The number of hydrogen-bond donors (Lipinski definition) is 0. The number of nitriles is 1. The van der Waals surface area contributed by atoms with Crippen LogP contribution in [-0.2, 0) is 0 Å². The molecule has 4 nitrogen and oxygen atoms in total. The number of hydrogen-bond acceptors (Lipinski definition) is 3. The zero-order valence-electron chi connectivity index (χ0n) is 11.2. The fourth-order valence-corrected chi connectivity index (χ4v) is 2.46. The van der Waals surface area contributed by atoms with Gasteiger partial charge in [0, 0.05) is 6.07 Å². The van der Waals surface area contributed by atoms with Crippen LogP contribution in [0.5, 0.6) is 0 Å². The van der Waals surface area contributed by atoms with Crippen LogP contribution in [0.2, 0.25) is 0 Å². The molecule has 0 atom stereocenters. The van der Waals surface area contributed by atoms with Crippen LogP contribution in [0, 0.1) is 28.4 Å². The van der Waals surface area contributed by atoms with Crippen molar-refractivity contribution in [1.29, 1.82) is 5.26 Å². The average molecular weight is 299 g/mol. The molecular weight excluding hydrogens is 288 g/mol. The van der Waals surface area contributed by atoms with E-state index in [2.05, 4.69) is 0 Å². The highest BCUT2D eigenvalue weighted by molar-refractivity contribution is 6.54. The molecule has 0 radical (unpaired) electrons. The first-order chi connectivity index (χ1) is 10.1. The zero-order valence-corrected chi connectivity index (χ0v) is 12.0. The maximum atomic E-state index is 11.2. The molecule has 0 spiro atoms. The second kappa shape index (κ2) is 6.21. The third kappa shape index (κ3) is 2.93. The molecule has 0 aliphatic rings. The Hall–Kier alpha value is -2.64. The topological polar surface area (TPSA) is 66.9 Å². The maximum Gasteiger partial charge on any atom is 0.278 e. The summed E-state index contributed by atoms with van der Waals surface area (Å²) in [6, 6.07) is 15.6. The van der Waals surface area contributed by atoms with Gasteiger partial charge in [-0.05, 0) is 18.1 Å². The average Bonchev–Trinajstić information content (AvgIpc) is 2.48. The van der Waals surface area contributed by atoms with Gasteiger partial charge in [0.1, 0.15) is 6.07 Å². The van der Waals surface area contributed by atoms with E-state index in [1.165, 1.54) is 6.07 Å². The van der Waals surface area contributed by atoms with Crippen molar-refractivity contribution in [2.24, 2.45) is 0 Å². The van der Waals surface area contributed by atoms with Crippen LogP contribution in [-0.4, -0.2) is 4.92 Å². The van der Waals surface area contributed by atoms with Crippen molar-refractivity contribution < 1.29 is 4.92 Å². The second-order valence-corrected chi connectivity index (χ2v) is 4.77. The summed E-state index contributed by atoms with van der Waals surface area (Å²) in [5, 5.41) is 20.6. The smallest absolute Gasteiger partial charge is 0.258 e. The van der Waals surface area contributed by atoms with E-state index in [0.717, 1.165) is 0 Å². The first kappa shape index (κ1) is 14.8. The number of allylic oxidation sites excluding steroid dienone is 1. The Bertz CT molecular complexity index is 762. The number of benzene rings is 2. The van der Waals surface area contributed by atoms with Crippen LogP contribution < -0.4 is 0 Å². The molecule has 0 fully saturated rings. The molecular formula is C16H11ClN2O2. The van der Waals surface area contributed by atoms with Gasteiger partial charge in [0.2, 0.25) is 0 Å². The van der Waals surface area contributed by atoms with Crippen LogP contribution in [0.15, 0.2) is 48.5 Å². The van der Waals surface area contributed by atoms with Gasteiger partial charge in [0.15, 0.2) is 0 Å². The van der Waals surface area contributed by atoms with Crippen LogP contribution >= 0.6 is 11.6 Å². The summed E-state index contributed by atoms with van der Waals surface area (Å²) in [5.41, 5.74) is 1.67. The minimum Gasteiger partial charge on any atom is -0.258 e. The monoisotopic (exact) mass is 298 g/mol. The standard InChI is InChI=1S/C16H11ClN2O2/c1-11-6-5-9-14(19(20)21)15(11)16(17)13(10-18)12-7-3-2-4-8-12/h2-9H,1H3. The molecule has 0 bridgehead atoms. The molecule has 2 aromatic carbocycles. The van der Waals surface area contributed by atoms with Crippen LogP contribution in [0.25, 0.3) is 10.6 Å². The minimum absolute atomic E-state index is 0.0912. The van der Waals surface area contributed by atoms with Crippen LogP contribution in [0.1, 0.15) is 16.7 Å². The highest BCUT2D eigenvalue weighted by atomic mass is 35.5. The Morgan fingerprint density at radius 3 is 2.43 bits per heavy atom. The van der Waals surface area contributed by atoms with Gasteiger partial charge in [-0.25, -0.2) is 0 Å². The van der Waals surface area contributed by atoms with E-state index in [1.807, 2.05) is 12.1 Å². The van der Waals surface area contributed by atoms with Gasteiger partial charge >= 0.3 is 0 Å². The molecule has 0 N–H and O–H groups in total. The lowest BCUT2D eigenvalue weighted by atomic mass is 9.99. The molecule has 0 aromatic heterocycles. The Kier molecular flexibility index (Phi) is 4.36. The quantitative estimate of drug-likeness (QED) is 0.362. The molecule has 0 saturated carbocycles. The summed E-state index contributed by atoms with van der Waals surface area (Å²) in [6.45, 7) is 1.73. The first-order valence-corrected chi connectivity index (χ1v) is 6.53. The fourth-order valence-electron chi connectivity index (χ4n) is 2.06. The lowest BCUT2D eigenvalue weighted by Crippen LogP contribution is -1.97. The Labute approximate surface area is 127 Å². The van der Waals surface area contributed by atoms with Gasteiger partial charge in [-0.2, -0.15) is 5.26 Å². The van der Waals surface area contributed by atoms with Gasteiger partial charge in [-0.1, -0.05) is 54.1 Å². The van der Waals surface area contributed by atoms with E-state index < -0.39 is 4.92 Å². The second-order valence-electron chi connectivity index (χ2n) is 4.39. The van der Waals surface area contributed by atoms with E-state index >= 15 is 0 Å². The lowest BCUT2D eigenvalue weighted by Gasteiger charge is -2.08. The van der Waals surface area contributed by atoms with Gasteiger partial charge < -0.3 is 0 Å². The summed E-state index contributed by atoms with van der Waals surface area (Å²) in [5.74, 6) is 0. The molecule has 21 heavy (non-hydrogen) atoms. The number of rotatable bonds is 3. The van der Waals surface area contributed by atoms with Crippen molar-refractivity contribution in [2.75, 3.05) is 0 Å². The molecule has 0 saturated heterocycles. The highest BCUT2D eigenvalue weighted by Crippen LogP contribution is 2.36. The molecule has 5 heteroatoms. The summed E-state index contributed by atoms with van der Waals surface area (Å²) in [4.78, 5) is 10.7. The number of nitro groups is 1. The van der Waals surface area contributed by atoms with E-state index in [9.17, 15) is 15.4 Å². The van der Waals surface area contributed by atoms with Crippen molar-refractivity contribution in [3.8, 4) is 6.07 Å². The first-order valence-electron chi connectivity index (χ1n) is 6.16. The molecule has 2 rings (SSSR count). The van der Waals surface area contributed by atoms with Crippen molar-refractivity contribution in [1.82, 2.24) is 0 Å². The number of nitrogens with zero attached hydrogens (tertiary/aromatic N) is 2. The van der Waals surface area contributed by atoms with E-state index in [4.69, 9.17) is 11.6 Å². The van der Waals surface area contributed by atoms with E-state index in [-0.39, 0.29) is 21.9 Å². The van der Waals surface area contributed by atoms with Gasteiger partial charge in [-0.3, -0.25) is 10.1 Å². The van der Waals surface area contributed by atoms with Crippen molar-refractivity contribution in [3.63, 3.8) is 0 Å². The summed E-state index contributed by atoms with van der Waals surface area (Å²) < 4.78 is 0. The fraction of sp³-hybridized carbons (Fsp3) is 0.0625. The van der Waals surface area contributed by atoms with Crippen molar-refractivity contribution in [2.45, 2.75) is 6.92 Å². The Morgan fingerprint density at radius 2 is 1.86 bits per heavy atom. The normalized spacial score (nSPS) is 11.5. The summed E-state index contributed by atoms with van der Waals surface area (Å²) in [7, 11) is 0. The maximum absolute atomic E-state index is 11.2. The highest BCUT2D eigenvalue weighted by Gasteiger charge is 2.21. The van der Waals surface area contributed by atoms with Crippen LogP contribution in [0.4, 0.5) is 5.69 Å². The molecule has 0 aliphatic heterocycles. The Morgan fingerprint density at radius 1 is 1.19 bits per heavy atom. The molecule has 0 aliphatic carbocycles. The summed E-state index contributed by atoms with van der Waals surface area (Å²) >= 11 is 6.31. The third-order valence-corrected chi connectivity index (χ3v) is 3.44. The third-order valence-electron chi connectivity index (χ3n) is 3.06. The molecule has 0 heterocycles. The van der Waals surface area contributed by atoms with Crippen LogP contribution in [0.3, 0.4) is 0 Å². The van der Waals surface area contributed by atoms with E-state index in [0.29, 0.717) is 11.1 Å². The SMILES string of the molecule is Cc1cccc([N+](=O)[O-])c1C(Cl)=C(C#N)c1ccccc1. The van der Waals surface area contributed by atoms with Gasteiger partial charge in [0.25, 0.3) is 5.69 Å². The minimum atomic E-state index is -0.495. The van der Waals surface area contributed by atoms with Crippen molar-refractivity contribution >= 4 is 27.9 Å². The predicted octanol–water partition coefficient (Wildman–Crippen LogP) is 4.53. The molecule has 2 aromatic rings. The number of halogens is 1.